The number of ether oxygens (including phenoxy) is 1. The Morgan fingerprint density at radius 2 is 1.53 bits per heavy atom. The van der Waals surface area contributed by atoms with Crippen molar-refractivity contribution in [1.29, 1.82) is 0 Å². The topological polar surface area (TPSA) is 74.6 Å². The molecule has 0 amide bonds. The van der Waals surface area contributed by atoms with Crippen LogP contribution in [-0.2, 0) is 14.9 Å². The van der Waals surface area contributed by atoms with E-state index in [4.69, 9.17) is 4.74 Å². The molecule has 0 N–H and O–H groups in total. The lowest BCUT2D eigenvalue weighted by atomic mass is 9.95. The fourth-order valence-electron chi connectivity index (χ4n) is 3.85. The van der Waals surface area contributed by atoms with E-state index in [0.717, 1.165) is 16.7 Å². The fourth-order valence-corrected chi connectivity index (χ4v) is 5.48. The van der Waals surface area contributed by atoms with Crippen molar-refractivity contribution in [3.8, 4) is 5.75 Å². The van der Waals surface area contributed by atoms with Gasteiger partial charge in [0.25, 0.3) is 5.56 Å². The molecule has 1 aliphatic carbocycles. The molecule has 1 heterocycles. The van der Waals surface area contributed by atoms with Gasteiger partial charge in [0, 0.05) is 27.9 Å². The molecule has 0 saturated heterocycles. The molecular formula is C23H13BrF7NO5S. The van der Waals surface area contributed by atoms with Crippen LogP contribution in [0.25, 0.3) is 16.6 Å². The van der Waals surface area contributed by atoms with Gasteiger partial charge in [0.1, 0.15) is 22.6 Å². The number of hydrogen-bond donors (Lipinski definition) is 0. The second-order valence-corrected chi connectivity index (χ2v) is 10.4. The van der Waals surface area contributed by atoms with Crippen LogP contribution >= 0.6 is 15.9 Å². The molecule has 3 aromatic rings. The molecule has 0 saturated carbocycles. The molecule has 0 fully saturated rings. The van der Waals surface area contributed by atoms with E-state index in [-0.39, 0.29) is 26.8 Å². The van der Waals surface area contributed by atoms with Crippen LogP contribution < -0.4 is 9.74 Å². The molecule has 2 atom stereocenters. The van der Waals surface area contributed by atoms with Gasteiger partial charge in [-0.1, -0.05) is 22.9 Å². The van der Waals surface area contributed by atoms with Crippen LogP contribution in [0.15, 0.2) is 50.3 Å². The average Bonchev–Trinajstić information content (AvgIpc) is 2.87. The van der Waals surface area contributed by atoms with Crippen molar-refractivity contribution in [1.82, 2.24) is 4.57 Å². The highest BCUT2D eigenvalue weighted by molar-refractivity contribution is 9.11. The van der Waals surface area contributed by atoms with Crippen LogP contribution in [0.2, 0.25) is 0 Å². The van der Waals surface area contributed by atoms with Crippen LogP contribution in [0, 0.1) is 40.8 Å². The number of aromatic nitrogens is 1. The van der Waals surface area contributed by atoms with Gasteiger partial charge in [-0.15, -0.1) is 0 Å². The third kappa shape index (κ3) is 4.36. The molecule has 0 bridgehead atoms. The Labute approximate surface area is 217 Å². The van der Waals surface area contributed by atoms with Crippen molar-refractivity contribution in [3.63, 3.8) is 0 Å². The van der Waals surface area contributed by atoms with Gasteiger partial charge in [0.2, 0.25) is 34.8 Å². The summed E-state index contributed by atoms with van der Waals surface area (Å²) in [6.45, 7) is 1.42. The number of allylic oxidation sites excluding steroid dienone is 3. The van der Waals surface area contributed by atoms with E-state index in [1.54, 1.807) is 0 Å². The third-order valence-electron chi connectivity index (χ3n) is 5.70. The molecule has 4 rings (SSSR count). The summed E-state index contributed by atoms with van der Waals surface area (Å²) < 4.78 is 134. The van der Waals surface area contributed by atoms with E-state index < -0.39 is 73.3 Å². The zero-order chi connectivity index (χ0) is 28.3. The first-order chi connectivity index (χ1) is 17.7. The van der Waals surface area contributed by atoms with Gasteiger partial charge in [-0.25, -0.2) is 22.0 Å². The van der Waals surface area contributed by atoms with Gasteiger partial charge >= 0.3 is 10.1 Å². The number of alkyl halides is 1. The maximum absolute atomic E-state index is 15.1. The van der Waals surface area contributed by atoms with Crippen molar-refractivity contribution in [2.24, 2.45) is 5.92 Å². The van der Waals surface area contributed by atoms with E-state index in [9.17, 15) is 39.6 Å². The minimum absolute atomic E-state index is 0.0218. The monoisotopic (exact) mass is 627 g/mol. The normalized spacial score (nSPS) is 18.1. The maximum Gasteiger partial charge on any atom is 0.342 e. The second kappa shape index (κ2) is 9.76. The van der Waals surface area contributed by atoms with Crippen molar-refractivity contribution in [2.45, 2.75) is 18.0 Å². The first kappa shape index (κ1) is 27.7. The van der Waals surface area contributed by atoms with Gasteiger partial charge in [0.05, 0.1) is 18.3 Å². The molecule has 6 nitrogen and oxygen atoms in total. The first-order valence-corrected chi connectivity index (χ1v) is 12.5. The van der Waals surface area contributed by atoms with Crippen LogP contribution in [0.4, 0.5) is 30.7 Å². The summed E-state index contributed by atoms with van der Waals surface area (Å²) >= 11 is 3.06. The smallest absolute Gasteiger partial charge is 0.342 e. The summed E-state index contributed by atoms with van der Waals surface area (Å²) in [6.07, 6.45) is -0.358. The van der Waals surface area contributed by atoms with Crippen molar-refractivity contribution in [3.05, 3.63) is 85.8 Å². The Morgan fingerprint density at radius 1 is 0.947 bits per heavy atom. The summed E-state index contributed by atoms with van der Waals surface area (Å²) in [7, 11) is -4.28. The van der Waals surface area contributed by atoms with E-state index >= 15 is 4.39 Å². The lowest BCUT2D eigenvalue weighted by Gasteiger charge is -2.28. The summed E-state index contributed by atoms with van der Waals surface area (Å²) in [6, 6.07) is 3.19. The molecule has 2 unspecified atom stereocenters. The number of rotatable bonds is 5. The minimum Gasteiger partial charge on any atom is -0.495 e. The average molecular weight is 628 g/mol. The molecule has 38 heavy (non-hydrogen) atoms. The Bertz CT molecular complexity index is 1710. The lowest BCUT2D eigenvalue weighted by Crippen LogP contribution is -2.29. The molecule has 2 aromatic carbocycles. The number of benzene rings is 2. The minimum atomic E-state index is -5.53. The predicted octanol–water partition coefficient (Wildman–Crippen LogP) is 5.69. The maximum atomic E-state index is 15.1. The number of fused-ring (bicyclic) bond motifs is 1. The van der Waals surface area contributed by atoms with E-state index in [1.807, 2.05) is 0 Å². The highest BCUT2D eigenvalue weighted by Crippen LogP contribution is 2.39. The molecule has 0 radical (unpaired) electrons. The number of nitrogens with zero attached hydrogens (tertiary/aromatic N) is 1. The van der Waals surface area contributed by atoms with E-state index in [1.165, 1.54) is 20.1 Å². The number of pyridine rings is 1. The summed E-state index contributed by atoms with van der Waals surface area (Å²) in [5, 5.41) is -0.148. The molecule has 1 aliphatic rings. The Hall–Kier alpha value is -3.33. The number of hydrogen-bond acceptors (Lipinski definition) is 5. The van der Waals surface area contributed by atoms with Gasteiger partial charge in [-0.2, -0.15) is 17.2 Å². The zero-order valence-corrected chi connectivity index (χ0v) is 21.4. The standard InChI is InChI=1S/C23H13BrF7NO5S/c1-8-16(26)10(24)6-13(36-2)22(8)32-12-7-11(25)14(5-9(12)3-4-15(32)33)38(34,35)37-23-20(30)18(28)17(27)19(29)21(23)31/h3-8,16H,1-2H3. The van der Waals surface area contributed by atoms with Gasteiger partial charge < -0.3 is 8.92 Å². The lowest BCUT2D eigenvalue weighted by molar-refractivity contribution is 0.278. The molecule has 202 valence electrons. The van der Waals surface area contributed by atoms with Gasteiger partial charge in [-0.3, -0.25) is 9.36 Å². The molecule has 0 spiro atoms. The fraction of sp³-hybridized carbons (Fsp3) is 0.174. The Balaban J connectivity index is 1.92. The highest BCUT2D eigenvalue weighted by Gasteiger charge is 2.35. The summed E-state index contributed by atoms with van der Waals surface area (Å²) in [4.78, 5) is 11.5. The van der Waals surface area contributed by atoms with E-state index in [2.05, 4.69) is 20.1 Å². The Morgan fingerprint density at radius 3 is 2.11 bits per heavy atom. The second-order valence-electron chi connectivity index (χ2n) is 7.96. The van der Waals surface area contributed by atoms with Crippen LogP contribution in [-0.4, -0.2) is 26.3 Å². The number of halogens is 8. The summed E-state index contributed by atoms with van der Waals surface area (Å²) in [5.74, 6) is -17.4. The van der Waals surface area contributed by atoms with Crippen molar-refractivity contribution < 1.29 is 48.1 Å². The molecular weight excluding hydrogens is 615 g/mol. The van der Waals surface area contributed by atoms with Crippen molar-refractivity contribution in [2.75, 3.05) is 7.11 Å². The van der Waals surface area contributed by atoms with Crippen LogP contribution in [0.3, 0.4) is 0 Å². The molecule has 1 aromatic heterocycles. The van der Waals surface area contributed by atoms with E-state index in [0.29, 0.717) is 12.1 Å². The third-order valence-corrected chi connectivity index (χ3v) is 7.60. The quantitative estimate of drug-likeness (QED) is 0.157. The van der Waals surface area contributed by atoms with Crippen molar-refractivity contribution >= 4 is 42.6 Å². The van der Waals surface area contributed by atoms with Crippen LogP contribution in [0.1, 0.15) is 6.92 Å². The SMILES string of the molecule is COC1=C(n2c(=O)ccc3cc(S(=O)(=O)Oc4c(F)c(F)c(F)c(F)c4F)c(F)cc32)C(C)C(F)C(Br)=C1. The van der Waals surface area contributed by atoms with Gasteiger partial charge in [-0.05, 0) is 18.2 Å². The van der Waals surface area contributed by atoms with Crippen LogP contribution in [0.5, 0.6) is 5.75 Å². The number of methoxy groups -OCH3 is 1. The zero-order valence-electron chi connectivity index (χ0n) is 19.0. The highest BCUT2D eigenvalue weighted by atomic mass is 79.9. The Kier molecular flexibility index (Phi) is 7.12. The summed E-state index contributed by atoms with van der Waals surface area (Å²) in [5.41, 5.74) is -1.04. The first-order valence-electron chi connectivity index (χ1n) is 10.3. The molecule has 0 aliphatic heterocycles. The predicted molar refractivity (Wildman–Crippen MR) is 124 cm³/mol. The van der Waals surface area contributed by atoms with Gasteiger partial charge in [0.15, 0.2) is 0 Å². The molecule has 15 heteroatoms. The largest absolute Gasteiger partial charge is 0.495 e.